The van der Waals surface area contributed by atoms with Crippen LogP contribution in [-0.2, 0) is 0 Å². The van der Waals surface area contributed by atoms with Gasteiger partial charge in [-0.05, 0) is 37.1 Å². The second kappa shape index (κ2) is 8.19. The third kappa shape index (κ3) is 4.44. The van der Waals surface area contributed by atoms with Crippen LogP contribution in [0.4, 0.5) is 17.1 Å². The number of nitrogens with one attached hydrogen (secondary N) is 1. The molecule has 6 heteroatoms. The summed E-state index contributed by atoms with van der Waals surface area (Å²) >= 11 is 0. The first kappa shape index (κ1) is 18.7. The number of anilines is 2. The predicted molar refractivity (Wildman–Crippen MR) is 113 cm³/mol. The molecule has 0 radical (unpaired) electrons. The number of rotatable bonds is 7. The number of hydrogen-bond acceptors (Lipinski definition) is 5. The van der Waals surface area contributed by atoms with Crippen molar-refractivity contribution in [1.29, 1.82) is 0 Å². The Labute approximate surface area is 166 Å². The van der Waals surface area contributed by atoms with Gasteiger partial charge in [-0.2, -0.15) is 0 Å². The molecule has 2 aromatic rings. The Hall–Kier alpha value is -2.60. The molecule has 2 aromatic carbocycles. The van der Waals surface area contributed by atoms with Gasteiger partial charge >= 0.3 is 0 Å². The zero-order valence-electron chi connectivity index (χ0n) is 16.4. The summed E-state index contributed by atoms with van der Waals surface area (Å²) < 4.78 is 0. The third-order valence-electron chi connectivity index (χ3n) is 5.84. The minimum atomic E-state index is -0.282. The molecule has 1 saturated carbocycles. The van der Waals surface area contributed by atoms with Gasteiger partial charge in [0.05, 0.1) is 11.0 Å². The molecule has 1 aliphatic heterocycles. The normalized spacial score (nSPS) is 18.7. The maximum absolute atomic E-state index is 11.7. The highest BCUT2D eigenvalue weighted by Crippen LogP contribution is 2.40. The molecule has 2 aliphatic rings. The van der Waals surface area contributed by atoms with E-state index >= 15 is 0 Å². The van der Waals surface area contributed by atoms with Crippen LogP contribution in [0.2, 0.25) is 0 Å². The van der Waals surface area contributed by atoms with Crippen LogP contribution in [-0.4, -0.2) is 43.0 Å². The van der Waals surface area contributed by atoms with E-state index in [0.29, 0.717) is 5.69 Å². The van der Waals surface area contributed by atoms with E-state index in [9.17, 15) is 10.1 Å². The second-order valence-corrected chi connectivity index (χ2v) is 8.04. The Kier molecular flexibility index (Phi) is 5.48. The molecule has 0 amide bonds. The minimum absolute atomic E-state index is 0.0927. The van der Waals surface area contributed by atoms with Gasteiger partial charge in [0.25, 0.3) is 5.69 Å². The number of hydrogen-bond donors (Lipinski definition) is 1. The van der Waals surface area contributed by atoms with Gasteiger partial charge in [0.15, 0.2) is 0 Å². The van der Waals surface area contributed by atoms with Crippen molar-refractivity contribution in [1.82, 2.24) is 4.90 Å². The molecular weight excluding hydrogens is 352 g/mol. The van der Waals surface area contributed by atoms with E-state index in [1.165, 1.54) is 18.4 Å². The number of nitrogens with zero attached hydrogens (tertiary/aromatic N) is 3. The molecular formula is C22H28N4O2. The summed E-state index contributed by atoms with van der Waals surface area (Å²) in [5, 5.41) is 15.2. The number of likely N-dealkylation sites (N-methyl/N-ethyl adjacent to an activating group) is 1. The lowest BCUT2D eigenvalue weighted by Gasteiger charge is -2.34. The van der Waals surface area contributed by atoms with Gasteiger partial charge in [0, 0.05) is 37.9 Å². The summed E-state index contributed by atoms with van der Waals surface area (Å²) in [4.78, 5) is 16.0. The van der Waals surface area contributed by atoms with E-state index in [2.05, 4.69) is 34.3 Å². The first-order chi connectivity index (χ1) is 13.6. The van der Waals surface area contributed by atoms with E-state index < -0.39 is 0 Å². The molecule has 1 atom stereocenters. The molecule has 28 heavy (non-hydrogen) atoms. The first-order valence-corrected chi connectivity index (χ1v) is 10.1. The number of nitro groups is 1. The molecule has 0 bridgehead atoms. The lowest BCUT2D eigenvalue weighted by molar-refractivity contribution is -0.384. The van der Waals surface area contributed by atoms with Crippen LogP contribution in [0.3, 0.4) is 0 Å². The zero-order chi connectivity index (χ0) is 19.5. The fourth-order valence-corrected chi connectivity index (χ4v) is 3.90. The summed E-state index contributed by atoms with van der Waals surface area (Å²) in [5.74, 6) is 0.720. The van der Waals surface area contributed by atoms with Crippen LogP contribution in [0.15, 0.2) is 48.5 Å². The summed E-state index contributed by atoms with van der Waals surface area (Å²) in [7, 11) is 2.13. The number of piperazine rings is 1. The smallest absolute Gasteiger partial charge is 0.292 e. The lowest BCUT2D eigenvalue weighted by Crippen LogP contribution is -2.44. The monoisotopic (exact) mass is 380 g/mol. The average molecular weight is 380 g/mol. The Balaban J connectivity index is 1.61. The van der Waals surface area contributed by atoms with Crippen molar-refractivity contribution in [2.24, 2.45) is 5.92 Å². The Morgan fingerprint density at radius 1 is 1.11 bits per heavy atom. The number of nitro benzene ring substituents is 1. The number of benzene rings is 2. The molecule has 0 aromatic heterocycles. The van der Waals surface area contributed by atoms with Crippen LogP contribution in [0, 0.1) is 16.0 Å². The molecule has 1 unspecified atom stereocenters. The first-order valence-electron chi connectivity index (χ1n) is 10.1. The largest absolute Gasteiger partial charge is 0.373 e. The van der Waals surface area contributed by atoms with Crippen molar-refractivity contribution < 1.29 is 4.92 Å². The molecule has 1 aliphatic carbocycles. The van der Waals surface area contributed by atoms with Gasteiger partial charge in [0.1, 0.15) is 5.69 Å². The highest BCUT2D eigenvalue weighted by Gasteiger charge is 2.28. The van der Waals surface area contributed by atoms with Gasteiger partial charge in [0.2, 0.25) is 0 Å². The fourth-order valence-electron chi connectivity index (χ4n) is 3.90. The van der Waals surface area contributed by atoms with Crippen LogP contribution < -0.4 is 10.2 Å². The molecule has 1 N–H and O–H groups in total. The van der Waals surface area contributed by atoms with E-state index in [1.807, 2.05) is 30.3 Å². The maximum Gasteiger partial charge on any atom is 0.292 e. The Morgan fingerprint density at radius 2 is 1.82 bits per heavy atom. The molecule has 148 valence electrons. The van der Waals surface area contributed by atoms with E-state index in [4.69, 9.17) is 0 Å². The Bertz CT molecular complexity index is 815. The van der Waals surface area contributed by atoms with Crippen LogP contribution >= 0.6 is 0 Å². The molecule has 4 rings (SSSR count). The molecule has 0 spiro atoms. The summed E-state index contributed by atoms with van der Waals surface area (Å²) in [6, 6.07) is 15.9. The maximum atomic E-state index is 11.7. The third-order valence-corrected chi connectivity index (χ3v) is 5.84. The van der Waals surface area contributed by atoms with Crippen molar-refractivity contribution in [3.05, 3.63) is 64.2 Å². The summed E-state index contributed by atoms with van der Waals surface area (Å²) in [5.41, 5.74) is 3.01. The van der Waals surface area contributed by atoms with Crippen molar-refractivity contribution in [3.63, 3.8) is 0 Å². The van der Waals surface area contributed by atoms with Gasteiger partial charge in [-0.15, -0.1) is 0 Å². The molecule has 1 heterocycles. The topological polar surface area (TPSA) is 61.7 Å². The van der Waals surface area contributed by atoms with Crippen molar-refractivity contribution >= 4 is 17.1 Å². The van der Waals surface area contributed by atoms with Gasteiger partial charge < -0.3 is 15.1 Å². The van der Waals surface area contributed by atoms with Crippen LogP contribution in [0.1, 0.15) is 30.9 Å². The molecule has 1 saturated heterocycles. The summed E-state index contributed by atoms with van der Waals surface area (Å²) in [6.45, 7) is 3.90. The molecule has 6 nitrogen and oxygen atoms in total. The minimum Gasteiger partial charge on any atom is -0.373 e. The summed E-state index contributed by atoms with van der Waals surface area (Å²) in [6.07, 6.45) is 3.53. The van der Waals surface area contributed by atoms with Gasteiger partial charge in [-0.1, -0.05) is 43.2 Å². The van der Waals surface area contributed by atoms with Crippen molar-refractivity contribution in [2.75, 3.05) is 43.4 Å². The second-order valence-electron chi connectivity index (χ2n) is 8.04. The highest BCUT2D eigenvalue weighted by molar-refractivity contribution is 5.70. The van der Waals surface area contributed by atoms with Crippen LogP contribution in [0.25, 0.3) is 0 Å². The van der Waals surface area contributed by atoms with Crippen molar-refractivity contribution in [3.8, 4) is 0 Å². The van der Waals surface area contributed by atoms with Crippen LogP contribution in [0.5, 0.6) is 0 Å². The molecule has 2 fully saturated rings. The Morgan fingerprint density at radius 3 is 2.46 bits per heavy atom. The SMILES string of the molecule is CN1CCN(c2ccc([N+](=O)[O-])c(NC(CC3CC3)c3ccccc3)c2)CC1. The quantitative estimate of drug-likeness (QED) is 0.573. The van der Waals surface area contributed by atoms with Crippen molar-refractivity contribution in [2.45, 2.75) is 25.3 Å². The predicted octanol–water partition coefficient (Wildman–Crippen LogP) is 4.30. The van der Waals surface area contributed by atoms with E-state index in [0.717, 1.165) is 44.2 Å². The van der Waals surface area contributed by atoms with E-state index in [1.54, 1.807) is 6.07 Å². The standard InChI is InChI=1S/C22H28N4O2/c1-24-11-13-25(14-12-24)19-9-10-22(26(27)28)21(16-19)23-20(15-17-7-8-17)18-5-3-2-4-6-18/h2-6,9-10,16-17,20,23H,7-8,11-15H2,1H3. The fraction of sp³-hybridized carbons (Fsp3) is 0.455. The van der Waals surface area contributed by atoms with Gasteiger partial charge in [-0.25, -0.2) is 0 Å². The average Bonchev–Trinajstić information content (AvgIpc) is 3.53. The zero-order valence-corrected chi connectivity index (χ0v) is 16.4. The highest BCUT2D eigenvalue weighted by atomic mass is 16.6. The van der Waals surface area contributed by atoms with Gasteiger partial charge in [-0.3, -0.25) is 10.1 Å². The van der Waals surface area contributed by atoms with E-state index in [-0.39, 0.29) is 16.7 Å². The lowest BCUT2D eigenvalue weighted by atomic mass is 10.0.